The third kappa shape index (κ3) is 8.02. The molecule has 1 aromatic carbocycles. The number of anilines is 1. The van der Waals surface area contributed by atoms with E-state index in [1.165, 1.54) is 0 Å². The predicted molar refractivity (Wildman–Crippen MR) is 84.6 cm³/mol. The lowest BCUT2D eigenvalue weighted by Gasteiger charge is -2.10. The Kier molecular flexibility index (Phi) is 8.83. The molecule has 0 aliphatic heterocycles. The molecule has 0 unspecified atom stereocenters. The minimum Gasteiger partial charge on any atom is -0.494 e. The number of benzene rings is 1. The van der Waals surface area contributed by atoms with Gasteiger partial charge in [0, 0.05) is 32.4 Å². The summed E-state index contributed by atoms with van der Waals surface area (Å²) in [5, 5.41) is 6.66. The van der Waals surface area contributed by atoms with E-state index >= 15 is 0 Å². The van der Waals surface area contributed by atoms with E-state index in [0.29, 0.717) is 5.92 Å². The number of nitrogens with one attached hydrogen (secondary N) is 2. The predicted octanol–water partition coefficient (Wildman–Crippen LogP) is 2.76. The second-order valence-corrected chi connectivity index (χ2v) is 5.22. The van der Waals surface area contributed by atoms with Crippen molar-refractivity contribution in [2.24, 2.45) is 5.92 Å². The molecule has 0 amide bonds. The van der Waals surface area contributed by atoms with E-state index in [0.717, 1.165) is 50.7 Å². The summed E-state index contributed by atoms with van der Waals surface area (Å²) in [5.41, 5.74) is 1.12. The summed E-state index contributed by atoms with van der Waals surface area (Å²) >= 11 is 0. The van der Waals surface area contributed by atoms with Crippen LogP contribution in [0.3, 0.4) is 0 Å². The average molecular weight is 280 g/mol. The lowest BCUT2D eigenvalue weighted by Crippen LogP contribution is -2.25. The molecule has 0 fully saturated rings. The highest BCUT2D eigenvalue weighted by molar-refractivity contribution is 5.46. The Labute approximate surface area is 122 Å². The van der Waals surface area contributed by atoms with Crippen molar-refractivity contribution >= 4 is 5.69 Å². The second-order valence-electron chi connectivity index (χ2n) is 5.22. The Bertz CT molecular complexity index is 339. The zero-order valence-corrected chi connectivity index (χ0v) is 12.9. The Hall–Kier alpha value is -1.26. The van der Waals surface area contributed by atoms with Gasteiger partial charge in [0.1, 0.15) is 5.75 Å². The van der Waals surface area contributed by atoms with E-state index in [1.54, 1.807) is 7.11 Å². The second kappa shape index (κ2) is 10.5. The van der Waals surface area contributed by atoms with Crippen LogP contribution in [0.4, 0.5) is 5.69 Å². The molecule has 4 heteroatoms. The van der Waals surface area contributed by atoms with Gasteiger partial charge in [0.05, 0.1) is 13.2 Å². The molecule has 20 heavy (non-hydrogen) atoms. The molecule has 1 rings (SSSR count). The SMILES string of the molecule is COCCNCCNc1ccc(OCCC(C)C)cc1. The molecule has 114 valence electrons. The monoisotopic (exact) mass is 280 g/mol. The number of hydrogen-bond donors (Lipinski definition) is 2. The summed E-state index contributed by atoms with van der Waals surface area (Å²) in [7, 11) is 1.71. The first-order chi connectivity index (χ1) is 9.72. The molecule has 0 heterocycles. The van der Waals surface area contributed by atoms with Crippen LogP contribution in [0.2, 0.25) is 0 Å². The molecule has 0 aromatic heterocycles. The lowest BCUT2D eigenvalue weighted by molar-refractivity contribution is 0.200. The Morgan fingerprint density at radius 2 is 1.75 bits per heavy atom. The van der Waals surface area contributed by atoms with Crippen LogP contribution in [0.5, 0.6) is 5.75 Å². The van der Waals surface area contributed by atoms with Crippen molar-refractivity contribution in [2.75, 3.05) is 45.3 Å². The van der Waals surface area contributed by atoms with Gasteiger partial charge in [0.25, 0.3) is 0 Å². The minimum absolute atomic E-state index is 0.682. The summed E-state index contributed by atoms with van der Waals surface area (Å²) in [4.78, 5) is 0. The van der Waals surface area contributed by atoms with E-state index in [4.69, 9.17) is 9.47 Å². The van der Waals surface area contributed by atoms with Crippen molar-refractivity contribution in [2.45, 2.75) is 20.3 Å². The molecule has 2 N–H and O–H groups in total. The first-order valence-electron chi connectivity index (χ1n) is 7.38. The highest BCUT2D eigenvalue weighted by atomic mass is 16.5. The summed E-state index contributed by atoms with van der Waals surface area (Å²) in [5.74, 6) is 1.62. The first-order valence-corrected chi connectivity index (χ1v) is 7.38. The maximum atomic E-state index is 5.69. The first kappa shape index (κ1) is 16.8. The van der Waals surface area contributed by atoms with Gasteiger partial charge < -0.3 is 20.1 Å². The van der Waals surface area contributed by atoms with Crippen LogP contribution in [0.15, 0.2) is 24.3 Å². The van der Waals surface area contributed by atoms with E-state index in [2.05, 4.69) is 36.6 Å². The molecule has 0 saturated heterocycles. The maximum absolute atomic E-state index is 5.69. The molecule has 1 aromatic rings. The molecule has 0 saturated carbocycles. The lowest BCUT2D eigenvalue weighted by atomic mass is 10.1. The molecular formula is C16H28N2O2. The van der Waals surface area contributed by atoms with Crippen molar-refractivity contribution in [1.82, 2.24) is 5.32 Å². The van der Waals surface area contributed by atoms with Crippen molar-refractivity contribution in [3.63, 3.8) is 0 Å². The topological polar surface area (TPSA) is 42.5 Å². The fraction of sp³-hybridized carbons (Fsp3) is 0.625. The maximum Gasteiger partial charge on any atom is 0.119 e. The van der Waals surface area contributed by atoms with Crippen LogP contribution < -0.4 is 15.4 Å². The smallest absolute Gasteiger partial charge is 0.119 e. The van der Waals surface area contributed by atoms with Gasteiger partial charge in [-0.25, -0.2) is 0 Å². The van der Waals surface area contributed by atoms with Gasteiger partial charge in [-0.15, -0.1) is 0 Å². The highest BCUT2D eigenvalue weighted by Crippen LogP contribution is 2.16. The largest absolute Gasteiger partial charge is 0.494 e. The molecule has 0 bridgehead atoms. The van der Waals surface area contributed by atoms with Gasteiger partial charge in [-0.3, -0.25) is 0 Å². The molecular weight excluding hydrogens is 252 g/mol. The molecule has 4 nitrogen and oxygen atoms in total. The Morgan fingerprint density at radius 1 is 1.00 bits per heavy atom. The number of ether oxygens (including phenoxy) is 2. The number of hydrogen-bond acceptors (Lipinski definition) is 4. The van der Waals surface area contributed by atoms with Crippen LogP contribution in [0.25, 0.3) is 0 Å². The van der Waals surface area contributed by atoms with Crippen LogP contribution in [0.1, 0.15) is 20.3 Å². The van der Waals surface area contributed by atoms with Gasteiger partial charge in [-0.1, -0.05) is 13.8 Å². The standard InChI is InChI=1S/C16H28N2O2/c1-14(2)8-12-20-16-6-4-15(5-7-16)18-10-9-17-11-13-19-3/h4-7,14,17-18H,8-13H2,1-3H3. The molecule has 0 aliphatic carbocycles. The van der Waals surface area contributed by atoms with Crippen molar-refractivity contribution in [3.05, 3.63) is 24.3 Å². The summed E-state index contributed by atoms with van der Waals surface area (Å²) < 4.78 is 10.7. The van der Waals surface area contributed by atoms with E-state index < -0.39 is 0 Å². The fourth-order valence-electron chi connectivity index (χ4n) is 1.68. The van der Waals surface area contributed by atoms with Crippen molar-refractivity contribution < 1.29 is 9.47 Å². The summed E-state index contributed by atoms with van der Waals surface area (Å²) in [6.07, 6.45) is 1.09. The number of methoxy groups -OCH3 is 1. The van der Waals surface area contributed by atoms with Gasteiger partial charge >= 0.3 is 0 Å². The third-order valence-electron chi connectivity index (χ3n) is 2.93. The van der Waals surface area contributed by atoms with Gasteiger partial charge in [0.2, 0.25) is 0 Å². The van der Waals surface area contributed by atoms with Crippen LogP contribution in [-0.2, 0) is 4.74 Å². The molecule has 0 atom stereocenters. The Balaban J connectivity index is 2.15. The van der Waals surface area contributed by atoms with Gasteiger partial charge in [-0.05, 0) is 36.6 Å². The van der Waals surface area contributed by atoms with Gasteiger partial charge in [0.15, 0.2) is 0 Å². The molecule has 0 radical (unpaired) electrons. The molecule has 0 aliphatic rings. The van der Waals surface area contributed by atoms with E-state index in [-0.39, 0.29) is 0 Å². The quantitative estimate of drug-likeness (QED) is 0.612. The molecule has 0 spiro atoms. The summed E-state index contributed by atoms with van der Waals surface area (Å²) in [6.45, 7) is 8.67. The van der Waals surface area contributed by atoms with Crippen molar-refractivity contribution in [3.8, 4) is 5.75 Å². The van der Waals surface area contributed by atoms with Crippen LogP contribution in [0, 0.1) is 5.92 Å². The van der Waals surface area contributed by atoms with Crippen LogP contribution >= 0.6 is 0 Å². The van der Waals surface area contributed by atoms with E-state index in [1.807, 2.05) is 12.1 Å². The third-order valence-corrected chi connectivity index (χ3v) is 2.93. The minimum atomic E-state index is 0.682. The number of rotatable bonds is 11. The highest BCUT2D eigenvalue weighted by Gasteiger charge is 1.97. The average Bonchev–Trinajstić information content (AvgIpc) is 2.44. The normalized spacial score (nSPS) is 10.8. The van der Waals surface area contributed by atoms with Crippen LogP contribution in [-0.4, -0.2) is 40.0 Å². The van der Waals surface area contributed by atoms with Crippen molar-refractivity contribution in [1.29, 1.82) is 0 Å². The van der Waals surface area contributed by atoms with Gasteiger partial charge in [-0.2, -0.15) is 0 Å². The summed E-state index contributed by atoms with van der Waals surface area (Å²) in [6, 6.07) is 8.14. The zero-order chi connectivity index (χ0) is 14.6. The fourth-order valence-corrected chi connectivity index (χ4v) is 1.68. The zero-order valence-electron chi connectivity index (χ0n) is 12.9. The van der Waals surface area contributed by atoms with E-state index in [9.17, 15) is 0 Å². The Morgan fingerprint density at radius 3 is 2.40 bits per heavy atom.